The fraction of sp³-hybridized carbons (Fsp3) is 0.261. The Hall–Kier alpha value is -3.81. The van der Waals surface area contributed by atoms with E-state index in [0.717, 1.165) is 5.69 Å². The van der Waals surface area contributed by atoms with Gasteiger partial charge in [-0.3, -0.25) is 9.59 Å². The molecule has 8 nitrogen and oxygen atoms in total. The molecule has 0 aliphatic rings. The first kappa shape index (κ1) is 21.9. The first-order valence-electron chi connectivity index (χ1n) is 10.00. The van der Waals surface area contributed by atoms with Gasteiger partial charge in [-0.1, -0.05) is 18.2 Å². The molecule has 0 aliphatic carbocycles. The van der Waals surface area contributed by atoms with E-state index in [2.05, 4.69) is 10.4 Å². The summed E-state index contributed by atoms with van der Waals surface area (Å²) in [6, 6.07) is 14.2. The molecule has 0 bridgehead atoms. The minimum Gasteiger partial charge on any atom is -0.493 e. The highest BCUT2D eigenvalue weighted by Gasteiger charge is 2.24. The van der Waals surface area contributed by atoms with Crippen LogP contribution >= 0.6 is 0 Å². The van der Waals surface area contributed by atoms with Crippen LogP contribution in [0.1, 0.15) is 34.6 Å². The van der Waals surface area contributed by atoms with Crippen LogP contribution in [0.4, 0.5) is 5.82 Å². The Morgan fingerprint density at radius 2 is 1.68 bits per heavy atom. The lowest BCUT2D eigenvalue weighted by atomic mass is 10.1. The summed E-state index contributed by atoms with van der Waals surface area (Å²) in [5, 5.41) is 7.24. The zero-order valence-electron chi connectivity index (χ0n) is 18.1. The van der Waals surface area contributed by atoms with Gasteiger partial charge in [0.1, 0.15) is 11.4 Å². The number of methoxy groups -OCH3 is 2. The SMILES string of the molecule is CCN(CC)C(=O)c1cnn(-c2ccccc2)c1NC(=O)c1ccc(OC)c(OC)c1. The maximum atomic E-state index is 13.1. The number of ether oxygens (including phenoxy) is 2. The number of carbonyl (C=O) groups is 2. The fourth-order valence-electron chi connectivity index (χ4n) is 3.23. The van der Waals surface area contributed by atoms with E-state index in [9.17, 15) is 9.59 Å². The maximum Gasteiger partial charge on any atom is 0.259 e. The smallest absolute Gasteiger partial charge is 0.259 e. The average molecular weight is 422 g/mol. The van der Waals surface area contributed by atoms with Crippen LogP contribution in [0.2, 0.25) is 0 Å². The van der Waals surface area contributed by atoms with Gasteiger partial charge in [-0.25, -0.2) is 4.68 Å². The molecule has 3 aromatic rings. The number of anilines is 1. The Balaban J connectivity index is 2.03. The first-order chi connectivity index (χ1) is 15.0. The molecular weight excluding hydrogens is 396 g/mol. The van der Waals surface area contributed by atoms with E-state index in [1.165, 1.54) is 20.4 Å². The molecule has 1 heterocycles. The van der Waals surface area contributed by atoms with E-state index < -0.39 is 5.91 Å². The third-order valence-electron chi connectivity index (χ3n) is 4.93. The number of aromatic nitrogens is 2. The summed E-state index contributed by atoms with van der Waals surface area (Å²) < 4.78 is 12.1. The van der Waals surface area contributed by atoms with E-state index in [-0.39, 0.29) is 5.91 Å². The van der Waals surface area contributed by atoms with Crippen LogP contribution in [0.5, 0.6) is 11.5 Å². The monoisotopic (exact) mass is 422 g/mol. The third-order valence-corrected chi connectivity index (χ3v) is 4.93. The standard InChI is InChI=1S/C23H26N4O4/c1-5-26(6-2)23(29)18-15-24-27(17-10-8-7-9-11-17)21(18)25-22(28)16-12-13-19(30-3)20(14-16)31-4/h7-15H,5-6H2,1-4H3,(H,25,28). The Morgan fingerprint density at radius 3 is 2.29 bits per heavy atom. The number of benzene rings is 2. The number of hydrogen-bond donors (Lipinski definition) is 1. The zero-order chi connectivity index (χ0) is 22.4. The van der Waals surface area contributed by atoms with E-state index >= 15 is 0 Å². The summed E-state index contributed by atoms with van der Waals surface area (Å²) >= 11 is 0. The highest BCUT2D eigenvalue weighted by molar-refractivity contribution is 6.08. The van der Waals surface area contributed by atoms with Gasteiger partial charge in [-0.15, -0.1) is 0 Å². The van der Waals surface area contributed by atoms with E-state index in [4.69, 9.17) is 9.47 Å². The molecule has 2 aromatic carbocycles. The van der Waals surface area contributed by atoms with Crippen LogP contribution in [0.15, 0.2) is 54.7 Å². The van der Waals surface area contributed by atoms with Gasteiger partial charge < -0.3 is 19.7 Å². The highest BCUT2D eigenvalue weighted by Crippen LogP contribution is 2.28. The number of para-hydroxylation sites is 1. The molecule has 0 spiro atoms. The molecule has 0 atom stereocenters. The molecule has 0 unspecified atom stereocenters. The number of amides is 2. The first-order valence-corrected chi connectivity index (χ1v) is 10.00. The van der Waals surface area contributed by atoms with Gasteiger partial charge in [-0.05, 0) is 44.2 Å². The molecule has 0 aliphatic heterocycles. The van der Waals surface area contributed by atoms with Crippen molar-refractivity contribution >= 4 is 17.6 Å². The van der Waals surface area contributed by atoms with Crippen molar-refractivity contribution in [2.75, 3.05) is 32.6 Å². The molecule has 3 rings (SSSR count). The highest BCUT2D eigenvalue weighted by atomic mass is 16.5. The summed E-state index contributed by atoms with van der Waals surface area (Å²) in [7, 11) is 3.03. The number of rotatable bonds is 8. The lowest BCUT2D eigenvalue weighted by Gasteiger charge is -2.19. The van der Waals surface area contributed by atoms with Crippen molar-refractivity contribution in [1.29, 1.82) is 0 Å². The van der Waals surface area contributed by atoms with E-state index in [1.807, 2.05) is 44.2 Å². The van der Waals surface area contributed by atoms with Crippen LogP contribution in [0, 0.1) is 0 Å². The third kappa shape index (κ3) is 4.53. The fourth-order valence-corrected chi connectivity index (χ4v) is 3.23. The summed E-state index contributed by atoms with van der Waals surface area (Å²) in [5.74, 6) is 0.668. The van der Waals surface area contributed by atoms with Crippen LogP contribution in [0.3, 0.4) is 0 Å². The molecular formula is C23H26N4O4. The lowest BCUT2D eigenvalue weighted by Crippen LogP contribution is -2.31. The van der Waals surface area contributed by atoms with Crippen molar-refractivity contribution in [2.45, 2.75) is 13.8 Å². The number of carbonyl (C=O) groups excluding carboxylic acids is 2. The summed E-state index contributed by atoms with van der Waals surface area (Å²) in [5.41, 5.74) is 1.41. The summed E-state index contributed by atoms with van der Waals surface area (Å²) in [6.07, 6.45) is 1.48. The number of hydrogen-bond acceptors (Lipinski definition) is 5. The van der Waals surface area contributed by atoms with Crippen LogP contribution < -0.4 is 14.8 Å². The Morgan fingerprint density at radius 1 is 1.00 bits per heavy atom. The van der Waals surface area contributed by atoms with Gasteiger partial charge in [0, 0.05) is 18.7 Å². The number of nitrogens with one attached hydrogen (secondary N) is 1. The molecule has 31 heavy (non-hydrogen) atoms. The van der Waals surface area contributed by atoms with Crippen LogP contribution in [-0.2, 0) is 0 Å². The summed E-state index contributed by atoms with van der Waals surface area (Å²) in [4.78, 5) is 27.8. The Labute approximate surface area is 181 Å². The van der Waals surface area contributed by atoms with Crippen molar-refractivity contribution in [1.82, 2.24) is 14.7 Å². The van der Waals surface area contributed by atoms with Gasteiger partial charge in [0.05, 0.1) is 26.1 Å². The van der Waals surface area contributed by atoms with E-state index in [1.54, 1.807) is 27.8 Å². The molecule has 0 fully saturated rings. The maximum absolute atomic E-state index is 13.1. The van der Waals surface area contributed by atoms with Gasteiger partial charge in [0.2, 0.25) is 0 Å². The van der Waals surface area contributed by atoms with Gasteiger partial charge in [0.15, 0.2) is 11.5 Å². The molecule has 1 aromatic heterocycles. The lowest BCUT2D eigenvalue weighted by molar-refractivity contribution is 0.0774. The molecule has 1 N–H and O–H groups in total. The van der Waals surface area contributed by atoms with Gasteiger partial charge >= 0.3 is 0 Å². The predicted octanol–water partition coefficient (Wildman–Crippen LogP) is 3.62. The molecule has 0 radical (unpaired) electrons. The topological polar surface area (TPSA) is 85.7 Å². The second-order valence-electron chi connectivity index (χ2n) is 6.66. The van der Waals surface area contributed by atoms with Crippen molar-refractivity contribution in [3.05, 3.63) is 65.9 Å². The quantitative estimate of drug-likeness (QED) is 0.599. The van der Waals surface area contributed by atoms with Crippen molar-refractivity contribution in [3.8, 4) is 17.2 Å². The van der Waals surface area contributed by atoms with E-state index in [0.29, 0.717) is 41.5 Å². The Bertz CT molecular complexity index is 1060. The largest absolute Gasteiger partial charge is 0.493 e. The second kappa shape index (κ2) is 9.80. The van der Waals surface area contributed by atoms with Crippen molar-refractivity contribution < 1.29 is 19.1 Å². The molecule has 162 valence electrons. The minimum absolute atomic E-state index is 0.199. The second-order valence-corrected chi connectivity index (χ2v) is 6.66. The van der Waals surface area contributed by atoms with Gasteiger partial charge in [-0.2, -0.15) is 5.10 Å². The number of nitrogens with zero attached hydrogens (tertiary/aromatic N) is 3. The van der Waals surface area contributed by atoms with Crippen molar-refractivity contribution in [2.24, 2.45) is 0 Å². The van der Waals surface area contributed by atoms with Crippen LogP contribution in [-0.4, -0.2) is 53.8 Å². The molecule has 0 saturated heterocycles. The van der Waals surface area contributed by atoms with Gasteiger partial charge in [0.25, 0.3) is 11.8 Å². The zero-order valence-corrected chi connectivity index (χ0v) is 18.1. The van der Waals surface area contributed by atoms with Crippen LogP contribution in [0.25, 0.3) is 5.69 Å². The average Bonchev–Trinajstić information content (AvgIpc) is 3.23. The molecule has 8 heteroatoms. The Kier molecular flexibility index (Phi) is 6.92. The predicted molar refractivity (Wildman–Crippen MR) is 118 cm³/mol. The minimum atomic E-state index is -0.396. The molecule has 0 saturated carbocycles. The molecule has 2 amide bonds. The normalized spacial score (nSPS) is 10.5. The summed E-state index contributed by atoms with van der Waals surface area (Å²) in [6.45, 7) is 4.92. The van der Waals surface area contributed by atoms with Crippen molar-refractivity contribution in [3.63, 3.8) is 0 Å².